The van der Waals surface area contributed by atoms with Crippen molar-refractivity contribution >= 4 is 36.5 Å². The number of allylic oxidation sites excluding steroid dienone is 1. The molecule has 0 amide bonds. The molecule has 1 fully saturated rings. The van der Waals surface area contributed by atoms with Crippen LogP contribution < -0.4 is 37.8 Å². The number of thiol groups is 1. The molecule has 2 aromatic rings. The van der Waals surface area contributed by atoms with E-state index in [9.17, 15) is 0 Å². The molecule has 1 saturated heterocycles. The normalized spacial score (nSPS) is 13.2. The summed E-state index contributed by atoms with van der Waals surface area (Å²) >= 11 is 4.24. The number of hydrazine groups is 2. The molecule has 9 N–H and O–H groups in total. The summed E-state index contributed by atoms with van der Waals surface area (Å²) in [6.45, 7) is 9.49. The zero-order valence-electron chi connectivity index (χ0n) is 23.2. The fourth-order valence-corrected chi connectivity index (χ4v) is 3.77. The first-order valence-corrected chi connectivity index (χ1v) is 13.2. The summed E-state index contributed by atoms with van der Waals surface area (Å²) in [5.74, 6) is 12.5. The summed E-state index contributed by atoms with van der Waals surface area (Å²) in [6, 6.07) is 5.55. The van der Waals surface area contributed by atoms with Crippen LogP contribution in [0.25, 0.3) is 5.70 Å². The lowest BCUT2D eigenvalue weighted by Gasteiger charge is -2.30. The maximum absolute atomic E-state index is 8.36. The van der Waals surface area contributed by atoms with Gasteiger partial charge in [0.1, 0.15) is 18.6 Å². The van der Waals surface area contributed by atoms with Crippen molar-refractivity contribution in [3.05, 3.63) is 66.7 Å². The number of aryl methyl sites for hydroxylation is 1. The van der Waals surface area contributed by atoms with Crippen LogP contribution in [-0.4, -0.2) is 50.6 Å². The van der Waals surface area contributed by atoms with Crippen LogP contribution in [-0.2, 0) is 11.2 Å². The summed E-state index contributed by atoms with van der Waals surface area (Å²) in [7, 11) is 0. The first-order valence-electron chi connectivity index (χ1n) is 12.8. The number of aromatic nitrogens is 3. The molecule has 0 bridgehead atoms. The van der Waals surface area contributed by atoms with Gasteiger partial charge in [-0.2, -0.15) is 0 Å². The quantitative estimate of drug-likeness (QED) is 0.0796. The van der Waals surface area contributed by atoms with E-state index >= 15 is 0 Å². The van der Waals surface area contributed by atoms with Crippen molar-refractivity contribution in [2.24, 2.45) is 23.2 Å². The van der Waals surface area contributed by atoms with Gasteiger partial charge >= 0.3 is 0 Å². The summed E-state index contributed by atoms with van der Waals surface area (Å²) < 4.78 is 6.90. The van der Waals surface area contributed by atoms with E-state index in [1.165, 1.54) is 43.0 Å². The van der Waals surface area contributed by atoms with Crippen LogP contribution in [0.1, 0.15) is 50.9 Å². The van der Waals surface area contributed by atoms with Crippen LogP contribution in [0.5, 0.6) is 5.88 Å². The van der Waals surface area contributed by atoms with Gasteiger partial charge in [-0.25, -0.2) is 26.6 Å². The van der Waals surface area contributed by atoms with E-state index in [0.29, 0.717) is 22.9 Å². The number of carbonyl (C=O) groups is 1. The molecule has 0 unspecified atom stereocenters. The van der Waals surface area contributed by atoms with Crippen molar-refractivity contribution in [2.75, 3.05) is 29.6 Å². The number of piperidine rings is 1. The molecule has 2 aromatic heterocycles. The third-order valence-electron chi connectivity index (χ3n) is 5.63. The van der Waals surface area contributed by atoms with Gasteiger partial charge in [-0.3, -0.25) is 14.2 Å². The fourth-order valence-electron chi connectivity index (χ4n) is 3.60. The summed E-state index contributed by atoms with van der Waals surface area (Å²) in [5.41, 5.74) is 15.4. The molecule has 0 saturated carbocycles. The van der Waals surface area contributed by atoms with E-state index < -0.39 is 0 Å². The third-order valence-corrected chi connectivity index (χ3v) is 5.87. The van der Waals surface area contributed by atoms with E-state index in [1.807, 2.05) is 12.1 Å². The SMILES string of the molecule is C=CCC.CCc1nc(/C(N)=C(\COc2cc(N(N)/C=C\N)ncn2)N(N)S)ccc1N1CCCCC1.O=CO. The molecule has 0 aliphatic carbocycles. The highest BCUT2D eigenvalue weighted by molar-refractivity contribution is 7.77. The number of pyridine rings is 1. The van der Waals surface area contributed by atoms with Gasteiger partial charge in [0.05, 0.1) is 22.8 Å². The lowest BCUT2D eigenvalue weighted by Crippen LogP contribution is -2.31. The van der Waals surface area contributed by atoms with Gasteiger partial charge < -0.3 is 26.2 Å². The monoisotopic (exact) mass is 574 g/mol. The van der Waals surface area contributed by atoms with Crippen LogP contribution in [0.3, 0.4) is 0 Å². The average Bonchev–Trinajstić information content (AvgIpc) is 2.98. The highest BCUT2D eigenvalue weighted by atomic mass is 32.1. The lowest BCUT2D eigenvalue weighted by molar-refractivity contribution is -0.122. The molecular formula is C26H42N10O3S. The maximum atomic E-state index is 8.36. The molecule has 0 spiro atoms. The Bertz CT molecular complexity index is 1110. The van der Waals surface area contributed by atoms with Crippen LogP contribution in [0.4, 0.5) is 11.5 Å². The second-order valence-electron chi connectivity index (χ2n) is 8.32. The third kappa shape index (κ3) is 11.0. The first kappa shape index (κ1) is 34.0. The van der Waals surface area contributed by atoms with E-state index in [-0.39, 0.29) is 19.0 Å². The van der Waals surface area contributed by atoms with Gasteiger partial charge in [0.2, 0.25) is 5.88 Å². The number of nitrogens with two attached hydrogens (primary N) is 4. The zero-order chi connectivity index (χ0) is 29.9. The predicted molar refractivity (Wildman–Crippen MR) is 163 cm³/mol. The van der Waals surface area contributed by atoms with Gasteiger partial charge in [0, 0.05) is 31.6 Å². The Hall–Kier alpha value is -4.01. The van der Waals surface area contributed by atoms with E-state index in [1.54, 1.807) is 6.07 Å². The van der Waals surface area contributed by atoms with Crippen molar-refractivity contribution < 1.29 is 14.6 Å². The molecule has 3 heterocycles. The van der Waals surface area contributed by atoms with Gasteiger partial charge in [-0.05, 0) is 57.1 Å². The minimum absolute atomic E-state index is 0.0105. The minimum Gasteiger partial charge on any atom is -0.483 e. The standard InChI is InChI=1S/C21H32N10OS.C4H8.CH2O2/c1-2-15-17(29-9-4-3-5-10-29)7-6-16(28-15)21(23)18(31(25)33)13-32-20-12-19(26-14-27-20)30(24)11-8-22;1-3-4-2;2-1-3/h6-8,11-12,14,33H,2-5,9-10,13,22-25H2,1H3;3H,1,4H2,2H3;1H,(H,2,3)/b11-8-,21-18-;;. The fraction of sp³-hybridized carbons (Fsp3) is 0.385. The molecule has 13 nitrogen and oxygen atoms in total. The van der Waals surface area contributed by atoms with E-state index in [4.69, 9.17) is 42.8 Å². The van der Waals surface area contributed by atoms with Crippen molar-refractivity contribution in [1.82, 2.24) is 19.4 Å². The lowest BCUT2D eigenvalue weighted by atomic mass is 10.1. The predicted octanol–water partition coefficient (Wildman–Crippen LogP) is 2.54. The Morgan fingerprint density at radius 2 is 1.88 bits per heavy atom. The Labute approximate surface area is 241 Å². The van der Waals surface area contributed by atoms with Crippen LogP contribution in [0.15, 0.2) is 55.3 Å². The van der Waals surface area contributed by atoms with Crippen molar-refractivity contribution in [2.45, 2.75) is 46.0 Å². The smallest absolute Gasteiger partial charge is 0.290 e. The minimum atomic E-state index is -0.250. The largest absolute Gasteiger partial charge is 0.483 e. The number of carboxylic acid groups (broad SMARTS) is 1. The van der Waals surface area contributed by atoms with E-state index in [0.717, 1.165) is 41.7 Å². The Balaban J connectivity index is 0.00000103. The second-order valence-corrected chi connectivity index (χ2v) is 8.75. The Morgan fingerprint density at radius 3 is 2.42 bits per heavy atom. The maximum Gasteiger partial charge on any atom is 0.290 e. The number of ether oxygens (including phenoxy) is 1. The number of anilines is 2. The molecule has 14 heteroatoms. The Morgan fingerprint density at radius 1 is 1.23 bits per heavy atom. The van der Waals surface area contributed by atoms with Gasteiger partial charge in [0.25, 0.3) is 6.47 Å². The topological polar surface area (TPSA) is 199 Å². The summed E-state index contributed by atoms with van der Waals surface area (Å²) in [4.78, 5) is 23.7. The van der Waals surface area contributed by atoms with Crippen molar-refractivity contribution in [3.63, 3.8) is 0 Å². The molecule has 0 radical (unpaired) electrons. The second kappa shape index (κ2) is 19.1. The number of hydrogen-bond donors (Lipinski definition) is 6. The zero-order valence-corrected chi connectivity index (χ0v) is 24.1. The van der Waals surface area contributed by atoms with Crippen LogP contribution in [0, 0.1) is 0 Å². The summed E-state index contributed by atoms with van der Waals surface area (Å²) in [5, 5.41) is 8.13. The first-order chi connectivity index (χ1) is 19.3. The molecule has 220 valence electrons. The van der Waals surface area contributed by atoms with Gasteiger partial charge in [-0.15, -0.1) is 6.58 Å². The van der Waals surface area contributed by atoms with Gasteiger partial charge in [-0.1, -0.05) is 19.9 Å². The molecule has 3 rings (SSSR count). The van der Waals surface area contributed by atoms with Gasteiger partial charge in [0.15, 0.2) is 5.82 Å². The highest BCUT2D eigenvalue weighted by Gasteiger charge is 2.18. The molecule has 0 aromatic carbocycles. The molecule has 1 aliphatic rings. The number of hydrogen-bond acceptors (Lipinski definition) is 13. The van der Waals surface area contributed by atoms with Crippen LogP contribution >= 0.6 is 12.8 Å². The average molecular weight is 575 g/mol. The highest BCUT2D eigenvalue weighted by Crippen LogP contribution is 2.26. The number of nitrogens with zero attached hydrogens (tertiary/aromatic N) is 6. The molecule has 0 atom stereocenters. The molecule has 1 aliphatic heterocycles. The molecule has 40 heavy (non-hydrogen) atoms. The summed E-state index contributed by atoms with van der Waals surface area (Å²) in [6.07, 6.45) is 11.5. The Kier molecular flexibility index (Phi) is 16.3. The van der Waals surface area contributed by atoms with Crippen LogP contribution in [0.2, 0.25) is 0 Å². The molecular weight excluding hydrogens is 532 g/mol. The number of rotatable bonds is 10. The van der Waals surface area contributed by atoms with Crippen molar-refractivity contribution in [3.8, 4) is 5.88 Å². The van der Waals surface area contributed by atoms with E-state index in [2.05, 4.69) is 54.2 Å². The van der Waals surface area contributed by atoms with Crippen molar-refractivity contribution in [1.29, 1.82) is 0 Å².